The molecule has 0 bridgehead atoms. The molecule has 2 aromatic carbocycles. The van der Waals surface area contributed by atoms with Gasteiger partial charge in [0.15, 0.2) is 0 Å². The minimum atomic E-state index is -3.06. The Bertz CT molecular complexity index is 1200. The molecule has 0 saturated carbocycles. The Hall–Kier alpha value is -1.81. The van der Waals surface area contributed by atoms with Gasteiger partial charge in [-0.15, -0.1) is 0 Å². The van der Waals surface area contributed by atoms with Crippen molar-refractivity contribution < 1.29 is 40.5 Å². The summed E-state index contributed by atoms with van der Waals surface area (Å²) in [4.78, 5) is 0. The molecule has 0 amide bonds. The number of ether oxygens (including phenoxy) is 2. The lowest BCUT2D eigenvalue weighted by atomic mass is 9.72. The minimum Gasteiger partial charge on any atom is -0.491 e. The van der Waals surface area contributed by atoms with Crippen LogP contribution in [-0.2, 0) is 41.8 Å². The first kappa shape index (κ1) is 46.2. The van der Waals surface area contributed by atoms with Gasteiger partial charge in [0.05, 0.1) is 12.7 Å². The van der Waals surface area contributed by atoms with Crippen molar-refractivity contribution in [1.82, 2.24) is 0 Å². The van der Waals surface area contributed by atoms with Gasteiger partial charge >= 0.3 is 17.9 Å². The van der Waals surface area contributed by atoms with Gasteiger partial charge in [-0.2, -0.15) is 0 Å². The summed E-state index contributed by atoms with van der Waals surface area (Å²) in [6, 6.07) is 16.7. The smallest absolute Gasteiger partial charge is 0.491 e. The molecule has 1 unspecified atom stereocenters. The highest BCUT2D eigenvalue weighted by molar-refractivity contribution is 6.59. The molecule has 288 valence electrons. The first-order chi connectivity index (χ1) is 23.0. The summed E-state index contributed by atoms with van der Waals surface area (Å²) in [6.45, 7) is 27.9. The van der Waals surface area contributed by atoms with Crippen molar-refractivity contribution in [3.8, 4) is 11.5 Å². The van der Waals surface area contributed by atoms with E-state index in [9.17, 15) is 0 Å². The maximum absolute atomic E-state index is 5.85. The Labute approximate surface area is 307 Å². The van der Waals surface area contributed by atoms with E-state index in [1.54, 1.807) is 14.2 Å². The van der Waals surface area contributed by atoms with Crippen LogP contribution in [0.2, 0.25) is 6.55 Å². The molecule has 2 aromatic rings. The molecule has 0 saturated heterocycles. The SMILES string of the molecule is CO[Si](C)(OC)OCCOc1ccc(C(C)(C)CC(C)(C)C)cc1.CO[Si](OC)(OC)OC(C)COc1ccc(C(C)(C)CC(C)(C)C)cc1. The van der Waals surface area contributed by atoms with Crippen molar-refractivity contribution in [1.29, 1.82) is 0 Å². The fourth-order valence-corrected chi connectivity index (χ4v) is 8.54. The van der Waals surface area contributed by atoms with Crippen LogP contribution < -0.4 is 9.47 Å². The zero-order chi connectivity index (χ0) is 38.4. The van der Waals surface area contributed by atoms with E-state index in [0.717, 1.165) is 24.3 Å². The van der Waals surface area contributed by atoms with Crippen molar-refractivity contribution in [2.45, 2.75) is 112 Å². The maximum atomic E-state index is 5.85. The maximum Gasteiger partial charge on any atom is 0.679 e. The molecule has 0 spiro atoms. The molecule has 50 heavy (non-hydrogen) atoms. The molecule has 0 aromatic heterocycles. The van der Waals surface area contributed by atoms with E-state index in [2.05, 4.69) is 93.5 Å². The van der Waals surface area contributed by atoms with E-state index >= 15 is 0 Å². The number of rotatable bonds is 19. The van der Waals surface area contributed by atoms with Crippen molar-refractivity contribution >= 4 is 17.9 Å². The Morgan fingerprint density at radius 2 is 0.920 bits per heavy atom. The molecular formula is C39H70O9Si2. The van der Waals surface area contributed by atoms with E-state index in [1.807, 2.05) is 37.7 Å². The zero-order valence-electron chi connectivity index (χ0n) is 34.4. The molecule has 11 heteroatoms. The second kappa shape index (κ2) is 19.9. The van der Waals surface area contributed by atoms with Crippen LogP contribution in [0.15, 0.2) is 48.5 Å². The van der Waals surface area contributed by atoms with Gasteiger partial charge in [0.25, 0.3) is 0 Å². The molecule has 0 heterocycles. The van der Waals surface area contributed by atoms with Crippen molar-refractivity contribution in [3.05, 3.63) is 59.7 Å². The quantitative estimate of drug-likeness (QED) is 0.104. The van der Waals surface area contributed by atoms with E-state index in [1.165, 1.54) is 32.5 Å². The normalized spacial score (nSPS) is 13.8. The molecule has 0 aliphatic carbocycles. The van der Waals surface area contributed by atoms with Gasteiger partial charge in [-0.1, -0.05) is 93.5 Å². The first-order valence-electron chi connectivity index (χ1n) is 17.5. The van der Waals surface area contributed by atoms with E-state index in [4.69, 9.17) is 40.5 Å². The molecule has 0 fully saturated rings. The van der Waals surface area contributed by atoms with Crippen molar-refractivity contribution in [3.63, 3.8) is 0 Å². The van der Waals surface area contributed by atoms with Gasteiger partial charge in [-0.3, -0.25) is 0 Å². The number of hydrogen-bond donors (Lipinski definition) is 0. The van der Waals surface area contributed by atoms with Gasteiger partial charge in [0, 0.05) is 42.1 Å². The van der Waals surface area contributed by atoms with Crippen LogP contribution in [0.5, 0.6) is 11.5 Å². The first-order valence-corrected chi connectivity index (χ1v) is 21.4. The van der Waals surface area contributed by atoms with E-state index < -0.39 is 17.9 Å². The van der Waals surface area contributed by atoms with Crippen LogP contribution >= 0.6 is 0 Å². The molecule has 9 nitrogen and oxygen atoms in total. The number of hydrogen-bond acceptors (Lipinski definition) is 9. The third-order valence-corrected chi connectivity index (χ3v) is 12.7. The summed E-state index contributed by atoms with van der Waals surface area (Å²) < 4.78 is 49.4. The molecule has 0 radical (unpaired) electrons. The highest BCUT2D eigenvalue weighted by Crippen LogP contribution is 2.38. The fourth-order valence-electron chi connectivity index (χ4n) is 6.34. The molecule has 0 aliphatic heterocycles. The Morgan fingerprint density at radius 3 is 1.26 bits per heavy atom. The summed E-state index contributed by atoms with van der Waals surface area (Å²) in [5.74, 6) is 1.67. The van der Waals surface area contributed by atoms with Crippen LogP contribution in [0.1, 0.15) is 100 Å². The van der Waals surface area contributed by atoms with E-state index in [0.29, 0.717) is 25.2 Å². The summed E-state index contributed by atoms with van der Waals surface area (Å²) in [5, 5.41) is 0. The molecule has 2 rings (SSSR count). The predicted molar refractivity (Wildman–Crippen MR) is 207 cm³/mol. The highest BCUT2D eigenvalue weighted by Gasteiger charge is 2.44. The minimum absolute atomic E-state index is 0.119. The summed E-state index contributed by atoms with van der Waals surface area (Å²) in [6.07, 6.45) is 2.02. The van der Waals surface area contributed by atoms with Crippen LogP contribution in [0.25, 0.3) is 0 Å². The largest absolute Gasteiger partial charge is 0.679 e. The van der Waals surface area contributed by atoms with Gasteiger partial charge in [0.1, 0.15) is 24.7 Å². The third kappa shape index (κ3) is 16.7. The molecule has 1 atom stereocenters. The van der Waals surface area contributed by atoms with Crippen molar-refractivity contribution in [2.24, 2.45) is 10.8 Å². The standard InChI is InChI=1S/C20H36O5Si.C19H34O4Si/c1-16(25-26(21-7,22-8)23-9)14-24-18-12-10-17(11-13-18)20(5,6)15-19(2,3)4;1-18(2,3)15-19(4,5)16-9-11-17(12-10-16)22-13-14-23-24(8,20-6)21-7/h10-13,16H,14-15H2,1-9H3;9-12H,13-15H2,1-8H3. The molecule has 0 aliphatic rings. The predicted octanol–water partition coefficient (Wildman–Crippen LogP) is 9.22. The van der Waals surface area contributed by atoms with Crippen LogP contribution in [0.3, 0.4) is 0 Å². The van der Waals surface area contributed by atoms with Gasteiger partial charge in [-0.25, -0.2) is 0 Å². The summed E-state index contributed by atoms with van der Waals surface area (Å²) in [5.41, 5.74) is 3.49. The van der Waals surface area contributed by atoms with Gasteiger partial charge in [0.2, 0.25) is 0 Å². The second-order valence-corrected chi connectivity index (χ2v) is 21.9. The third-order valence-electron chi connectivity index (χ3n) is 8.25. The molecule has 0 N–H and O–H groups in total. The van der Waals surface area contributed by atoms with Crippen molar-refractivity contribution in [2.75, 3.05) is 55.4 Å². The average molecular weight is 739 g/mol. The fraction of sp³-hybridized carbons (Fsp3) is 0.692. The Kier molecular flexibility index (Phi) is 18.4. The Balaban J connectivity index is 0.000000502. The second-order valence-electron chi connectivity index (χ2n) is 16.6. The van der Waals surface area contributed by atoms with Gasteiger partial charge in [-0.05, 0) is 76.8 Å². The van der Waals surface area contributed by atoms with E-state index in [-0.39, 0.29) is 22.3 Å². The van der Waals surface area contributed by atoms with Crippen LogP contribution in [0, 0.1) is 10.8 Å². The van der Waals surface area contributed by atoms with Crippen LogP contribution in [-0.4, -0.2) is 79.3 Å². The lowest BCUT2D eigenvalue weighted by Gasteiger charge is -2.33. The monoisotopic (exact) mass is 738 g/mol. The summed E-state index contributed by atoms with van der Waals surface area (Å²) in [7, 11) is 2.24. The summed E-state index contributed by atoms with van der Waals surface area (Å²) >= 11 is 0. The Morgan fingerprint density at radius 1 is 0.540 bits per heavy atom. The van der Waals surface area contributed by atoms with Gasteiger partial charge < -0.3 is 40.5 Å². The highest BCUT2D eigenvalue weighted by atomic mass is 28.4. The van der Waals surface area contributed by atoms with Crippen LogP contribution in [0.4, 0.5) is 0 Å². The lowest BCUT2D eigenvalue weighted by molar-refractivity contribution is -0.0282. The topological polar surface area (TPSA) is 83.1 Å². The molecular weight excluding hydrogens is 669 g/mol. The number of benzene rings is 2. The zero-order valence-corrected chi connectivity index (χ0v) is 36.4. The average Bonchev–Trinajstić information content (AvgIpc) is 3.03. The lowest BCUT2D eigenvalue weighted by Crippen LogP contribution is -2.49.